The smallest absolute Gasteiger partial charge is 0.0821 e. The van der Waals surface area contributed by atoms with Crippen molar-refractivity contribution < 1.29 is 0 Å². The first-order valence-corrected chi connectivity index (χ1v) is 8.42. The van der Waals surface area contributed by atoms with Crippen LogP contribution in [0.25, 0.3) is 10.9 Å². The molecule has 1 aromatic heterocycles. The normalized spacial score (nSPS) is 20.7. The van der Waals surface area contributed by atoms with Gasteiger partial charge >= 0.3 is 0 Å². The lowest BCUT2D eigenvalue weighted by Gasteiger charge is -2.41. The molecule has 2 aromatic carbocycles. The zero-order valence-corrected chi connectivity index (χ0v) is 13.4. The molecule has 0 amide bonds. The Morgan fingerprint density at radius 2 is 1.78 bits per heavy atom. The third-order valence-electron chi connectivity index (χ3n) is 5.40. The van der Waals surface area contributed by atoms with Crippen molar-refractivity contribution in [1.82, 2.24) is 9.47 Å². The largest absolute Gasteiger partial charge is 0.360 e. The molecule has 3 nitrogen and oxygen atoms in total. The van der Waals surface area contributed by atoms with E-state index < -0.39 is 0 Å². The van der Waals surface area contributed by atoms with E-state index in [0.717, 1.165) is 26.2 Å². The minimum absolute atomic E-state index is 0.435. The molecule has 1 fully saturated rings. The Kier molecular flexibility index (Phi) is 2.79. The number of para-hydroxylation sites is 2. The van der Waals surface area contributed by atoms with Crippen molar-refractivity contribution in [2.24, 2.45) is 0 Å². The van der Waals surface area contributed by atoms with Gasteiger partial charge in [-0.15, -0.1) is 0 Å². The third-order valence-corrected chi connectivity index (χ3v) is 5.40. The lowest BCUT2D eigenvalue weighted by Crippen LogP contribution is -2.47. The zero-order valence-electron chi connectivity index (χ0n) is 13.4. The highest BCUT2D eigenvalue weighted by Crippen LogP contribution is 2.39. The van der Waals surface area contributed by atoms with Crippen molar-refractivity contribution in [3.63, 3.8) is 0 Å². The number of fused-ring (bicyclic) bond motifs is 7. The van der Waals surface area contributed by atoms with Gasteiger partial charge in [0.1, 0.15) is 0 Å². The Bertz CT molecular complexity index is 879. The van der Waals surface area contributed by atoms with Crippen LogP contribution < -0.4 is 4.90 Å². The molecule has 1 atom stereocenters. The van der Waals surface area contributed by atoms with E-state index in [1.165, 1.54) is 27.8 Å². The quantitative estimate of drug-likeness (QED) is 0.630. The van der Waals surface area contributed by atoms with Crippen LogP contribution in [0, 0.1) is 0 Å². The summed E-state index contributed by atoms with van der Waals surface area (Å²) in [5.74, 6) is 0. The van der Waals surface area contributed by atoms with Gasteiger partial charge in [0.05, 0.1) is 6.04 Å². The number of rotatable bonds is 0. The molecule has 3 aromatic rings. The SMILES string of the molecule is CN1CCN2c3ccccc3Cn3c(cc4ccccc43)C2C1. The van der Waals surface area contributed by atoms with Crippen LogP contribution in [0.4, 0.5) is 5.69 Å². The van der Waals surface area contributed by atoms with E-state index >= 15 is 0 Å². The van der Waals surface area contributed by atoms with Crippen LogP contribution >= 0.6 is 0 Å². The van der Waals surface area contributed by atoms with Gasteiger partial charge in [0.2, 0.25) is 0 Å². The molecule has 3 heteroatoms. The van der Waals surface area contributed by atoms with Gasteiger partial charge in [-0.25, -0.2) is 0 Å². The van der Waals surface area contributed by atoms with E-state index in [0.29, 0.717) is 6.04 Å². The first-order chi connectivity index (χ1) is 11.3. The number of likely N-dealkylation sites (N-methyl/N-ethyl adjacent to an activating group) is 1. The van der Waals surface area contributed by atoms with Crippen molar-refractivity contribution in [1.29, 1.82) is 0 Å². The second-order valence-corrected chi connectivity index (χ2v) is 6.81. The predicted octanol–water partition coefficient (Wildman–Crippen LogP) is 3.50. The average Bonchev–Trinajstić information content (AvgIpc) is 2.88. The molecule has 0 aliphatic carbocycles. The summed E-state index contributed by atoms with van der Waals surface area (Å²) < 4.78 is 2.53. The second kappa shape index (κ2) is 4.87. The van der Waals surface area contributed by atoms with Crippen LogP contribution in [-0.4, -0.2) is 36.1 Å². The van der Waals surface area contributed by atoms with Gasteiger partial charge in [0.15, 0.2) is 0 Å². The molecule has 23 heavy (non-hydrogen) atoms. The number of hydrogen-bond acceptors (Lipinski definition) is 2. The Morgan fingerprint density at radius 3 is 2.74 bits per heavy atom. The fourth-order valence-electron chi connectivity index (χ4n) is 4.24. The van der Waals surface area contributed by atoms with Crippen molar-refractivity contribution >= 4 is 16.6 Å². The summed E-state index contributed by atoms with van der Waals surface area (Å²) in [6.45, 7) is 4.28. The van der Waals surface area contributed by atoms with Gasteiger partial charge in [0.25, 0.3) is 0 Å². The van der Waals surface area contributed by atoms with Crippen LogP contribution in [0.15, 0.2) is 54.6 Å². The molecule has 2 aliphatic rings. The van der Waals surface area contributed by atoms with E-state index in [-0.39, 0.29) is 0 Å². The molecule has 1 unspecified atom stereocenters. The fourth-order valence-corrected chi connectivity index (χ4v) is 4.24. The summed E-state index contributed by atoms with van der Waals surface area (Å²) in [5.41, 5.74) is 5.65. The van der Waals surface area contributed by atoms with Gasteiger partial charge in [-0.3, -0.25) is 0 Å². The Hall–Kier alpha value is -2.26. The van der Waals surface area contributed by atoms with E-state index in [1.807, 2.05) is 0 Å². The number of aromatic nitrogens is 1. The van der Waals surface area contributed by atoms with E-state index in [1.54, 1.807) is 0 Å². The molecule has 1 saturated heterocycles. The minimum Gasteiger partial charge on any atom is -0.360 e. The van der Waals surface area contributed by atoms with Crippen molar-refractivity contribution in [3.05, 3.63) is 65.9 Å². The maximum absolute atomic E-state index is 2.62. The number of benzene rings is 2. The highest BCUT2D eigenvalue weighted by Gasteiger charge is 2.33. The summed E-state index contributed by atoms with van der Waals surface area (Å²) in [5, 5.41) is 1.36. The molecule has 2 aliphatic heterocycles. The van der Waals surface area contributed by atoms with Crippen molar-refractivity contribution in [3.8, 4) is 0 Å². The molecule has 0 saturated carbocycles. The fraction of sp³-hybridized carbons (Fsp3) is 0.300. The molecule has 3 heterocycles. The third kappa shape index (κ3) is 1.93. The summed E-state index contributed by atoms with van der Waals surface area (Å²) in [7, 11) is 2.24. The standard InChI is InChI=1S/C20H21N3/c1-21-10-11-22-18-9-5-3-7-16(18)13-23-17-8-4-2-6-15(17)12-19(23)20(22)14-21/h2-9,12,20H,10-11,13-14H2,1H3. The molecule has 116 valence electrons. The minimum atomic E-state index is 0.435. The average molecular weight is 303 g/mol. The Balaban J connectivity index is 1.78. The van der Waals surface area contributed by atoms with Crippen LogP contribution in [0.1, 0.15) is 17.3 Å². The molecule has 5 rings (SSSR count). The summed E-state index contributed by atoms with van der Waals surface area (Å²) in [4.78, 5) is 5.07. The molecular formula is C20H21N3. The molecule has 0 radical (unpaired) electrons. The van der Waals surface area contributed by atoms with Gasteiger partial charge in [-0.2, -0.15) is 0 Å². The lowest BCUT2D eigenvalue weighted by molar-refractivity contribution is 0.266. The molecule has 0 spiro atoms. The Labute approximate surface area is 136 Å². The van der Waals surface area contributed by atoms with Gasteiger partial charge in [-0.05, 0) is 36.2 Å². The Morgan fingerprint density at radius 1 is 0.957 bits per heavy atom. The van der Waals surface area contributed by atoms with Crippen molar-refractivity contribution in [2.45, 2.75) is 12.6 Å². The van der Waals surface area contributed by atoms with E-state index in [9.17, 15) is 0 Å². The molecular weight excluding hydrogens is 282 g/mol. The van der Waals surface area contributed by atoms with Crippen LogP contribution in [0.2, 0.25) is 0 Å². The van der Waals surface area contributed by atoms with E-state index in [4.69, 9.17) is 0 Å². The van der Waals surface area contributed by atoms with Crippen LogP contribution in [0.3, 0.4) is 0 Å². The topological polar surface area (TPSA) is 11.4 Å². The van der Waals surface area contributed by atoms with Gasteiger partial charge < -0.3 is 14.4 Å². The molecule has 0 N–H and O–H groups in total. The lowest BCUT2D eigenvalue weighted by atomic mass is 10.1. The maximum Gasteiger partial charge on any atom is 0.0821 e. The number of piperazine rings is 1. The van der Waals surface area contributed by atoms with Crippen molar-refractivity contribution in [2.75, 3.05) is 31.6 Å². The number of anilines is 1. The highest BCUT2D eigenvalue weighted by atomic mass is 15.3. The summed E-state index contributed by atoms with van der Waals surface area (Å²) >= 11 is 0. The van der Waals surface area contributed by atoms with Crippen LogP contribution in [0.5, 0.6) is 0 Å². The first-order valence-electron chi connectivity index (χ1n) is 8.42. The predicted molar refractivity (Wildman–Crippen MR) is 95.1 cm³/mol. The summed E-state index contributed by atoms with van der Waals surface area (Å²) in [6, 6.07) is 20.5. The number of hydrogen-bond donors (Lipinski definition) is 0. The number of nitrogens with zero attached hydrogens (tertiary/aromatic N) is 3. The van der Waals surface area contributed by atoms with Gasteiger partial charge in [-0.1, -0.05) is 36.4 Å². The maximum atomic E-state index is 2.62. The van der Waals surface area contributed by atoms with Crippen LogP contribution in [-0.2, 0) is 6.54 Å². The monoisotopic (exact) mass is 303 g/mol. The highest BCUT2D eigenvalue weighted by molar-refractivity contribution is 5.82. The first kappa shape index (κ1) is 13.2. The zero-order chi connectivity index (χ0) is 15.4. The molecule has 0 bridgehead atoms. The summed E-state index contributed by atoms with van der Waals surface area (Å²) in [6.07, 6.45) is 0. The van der Waals surface area contributed by atoms with Gasteiger partial charge in [0, 0.05) is 43.1 Å². The van der Waals surface area contributed by atoms with E-state index in [2.05, 4.69) is 76.0 Å². The second-order valence-electron chi connectivity index (χ2n) is 6.81.